The highest BCUT2D eigenvalue weighted by Gasteiger charge is 2.18. The Balaban J connectivity index is 2.61. The molecule has 2 aromatic heterocycles. The molecule has 7 heteroatoms. The van der Waals surface area contributed by atoms with Crippen LogP contribution < -0.4 is 5.56 Å². The van der Waals surface area contributed by atoms with Crippen LogP contribution in [0.4, 0.5) is 11.4 Å². The van der Waals surface area contributed by atoms with Crippen molar-refractivity contribution >= 4 is 11.4 Å². The summed E-state index contributed by atoms with van der Waals surface area (Å²) in [6.45, 7) is 3.73. The van der Waals surface area contributed by atoms with E-state index in [4.69, 9.17) is 0 Å². The van der Waals surface area contributed by atoms with E-state index in [2.05, 4.69) is 15.2 Å². The maximum absolute atomic E-state index is 12.4. The predicted molar refractivity (Wildman–Crippen MR) is 80.5 cm³/mol. The van der Waals surface area contributed by atoms with E-state index in [1.54, 1.807) is 25.3 Å². The second kappa shape index (κ2) is 6.63. The summed E-state index contributed by atoms with van der Waals surface area (Å²) in [5, 5.41) is 27.2. The Labute approximate surface area is 127 Å². The summed E-state index contributed by atoms with van der Waals surface area (Å²) in [4.78, 5) is 16.3. The molecule has 2 heterocycles. The summed E-state index contributed by atoms with van der Waals surface area (Å²) in [6.07, 6.45) is 3.75. The number of hydrogen-bond donors (Lipinski definition) is 1. The predicted octanol–water partition coefficient (Wildman–Crippen LogP) is 2.95. The Hall–Kier alpha value is -3.01. The van der Waals surface area contributed by atoms with Gasteiger partial charge in [0.15, 0.2) is 5.69 Å². The SMILES string of the molecule is CCCn1c(O)c(C#N)c(C)c(N=Nc2cccnc2)c1=O. The van der Waals surface area contributed by atoms with Gasteiger partial charge in [0.25, 0.3) is 5.56 Å². The minimum absolute atomic E-state index is 0.0354. The number of pyridine rings is 2. The molecule has 1 N–H and O–H groups in total. The van der Waals surface area contributed by atoms with Gasteiger partial charge in [-0.25, -0.2) is 0 Å². The number of azo groups is 1. The molecule has 0 atom stereocenters. The van der Waals surface area contributed by atoms with E-state index in [-0.39, 0.29) is 17.1 Å². The number of hydrogen-bond acceptors (Lipinski definition) is 6. The van der Waals surface area contributed by atoms with E-state index >= 15 is 0 Å². The number of aromatic nitrogens is 2. The second-order valence-electron chi connectivity index (χ2n) is 4.65. The Bertz CT molecular complexity index is 803. The lowest BCUT2D eigenvalue weighted by atomic mass is 10.1. The first-order chi connectivity index (χ1) is 10.6. The maximum Gasteiger partial charge on any atom is 0.281 e. The molecule has 0 aromatic carbocycles. The number of nitrogens with zero attached hydrogens (tertiary/aromatic N) is 5. The van der Waals surface area contributed by atoms with E-state index in [1.165, 1.54) is 6.20 Å². The van der Waals surface area contributed by atoms with Gasteiger partial charge in [0.05, 0.1) is 6.20 Å². The van der Waals surface area contributed by atoms with Gasteiger partial charge in [-0.1, -0.05) is 6.92 Å². The van der Waals surface area contributed by atoms with Crippen LogP contribution in [0.1, 0.15) is 24.5 Å². The summed E-state index contributed by atoms with van der Waals surface area (Å²) in [5.41, 5.74) is 0.420. The zero-order chi connectivity index (χ0) is 16.1. The first-order valence-corrected chi connectivity index (χ1v) is 6.78. The monoisotopic (exact) mass is 297 g/mol. The van der Waals surface area contributed by atoms with Crippen molar-refractivity contribution in [3.8, 4) is 11.9 Å². The molecule has 0 spiro atoms. The van der Waals surface area contributed by atoms with E-state index in [0.29, 0.717) is 24.2 Å². The van der Waals surface area contributed by atoms with E-state index in [9.17, 15) is 15.2 Å². The van der Waals surface area contributed by atoms with Gasteiger partial charge in [-0.05, 0) is 25.5 Å². The highest BCUT2D eigenvalue weighted by Crippen LogP contribution is 2.26. The fourth-order valence-corrected chi connectivity index (χ4v) is 2.01. The first-order valence-electron chi connectivity index (χ1n) is 6.78. The first kappa shape index (κ1) is 15.4. The molecule has 7 nitrogen and oxygen atoms in total. The average molecular weight is 297 g/mol. The minimum atomic E-state index is -0.469. The van der Waals surface area contributed by atoms with Crippen LogP contribution in [0.15, 0.2) is 39.5 Å². The molecule has 0 amide bonds. The number of aromatic hydroxyl groups is 1. The lowest BCUT2D eigenvalue weighted by Crippen LogP contribution is -2.21. The van der Waals surface area contributed by atoms with Crippen molar-refractivity contribution in [1.82, 2.24) is 9.55 Å². The quantitative estimate of drug-likeness (QED) is 0.876. The number of nitriles is 1. The van der Waals surface area contributed by atoms with Crippen molar-refractivity contribution in [3.63, 3.8) is 0 Å². The molecule has 0 aliphatic rings. The highest BCUT2D eigenvalue weighted by atomic mass is 16.3. The molecular weight excluding hydrogens is 282 g/mol. The molecular formula is C15H15N5O2. The van der Waals surface area contributed by atoms with Gasteiger partial charge in [-0.15, -0.1) is 10.2 Å². The zero-order valence-corrected chi connectivity index (χ0v) is 12.3. The van der Waals surface area contributed by atoms with E-state index in [1.807, 2.05) is 13.0 Å². The Kier molecular flexibility index (Phi) is 4.63. The third kappa shape index (κ3) is 2.86. The summed E-state index contributed by atoms with van der Waals surface area (Å²) in [5.74, 6) is -0.327. The van der Waals surface area contributed by atoms with Gasteiger partial charge < -0.3 is 5.11 Å². The van der Waals surface area contributed by atoms with Crippen LogP contribution in [0.25, 0.3) is 0 Å². The van der Waals surface area contributed by atoms with Gasteiger partial charge in [-0.3, -0.25) is 14.3 Å². The fraction of sp³-hybridized carbons (Fsp3) is 0.267. The molecule has 0 unspecified atom stereocenters. The summed E-state index contributed by atoms with van der Waals surface area (Å²) in [7, 11) is 0. The summed E-state index contributed by atoms with van der Waals surface area (Å²) in [6, 6.07) is 5.30. The smallest absolute Gasteiger partial charge is 0.281 e. The fourth-order valence-electron chi connectivity index (χ4n) is 2.01. The van der Waals surface area contributed by atoms with Gasteiger partial charge in [0.2, 0.25) is 5.88 Å². The van der Waals surface area contributed by atoms with Crippen LogP contribution in [0.2, 0.25) is 0 Å². The zero-order valence-electron chi connectivity index (χ0n) is 12.3. The highest BCUT2D eigenvalue weighted by molar-refractivity contribution is 5.56. The lowest BCUT2D eigenvalue weighted by molar-refractivity contribution is 0.402. The minimum Gasteiger partial charge on any atom is -0.493 e. The molecule has 0 radical (unpaired) electrons. The van der Waals surface area contributed by atoms with E-state index < -0.39 is 5.56 Å². The molecule has 0 bridgehead atoms. The van der Waals surface area contributed by atoms with Crippen LogP contribution in [0.3, 0.4) is 0 Å². The number of rotatable bonds is 4. The standard InChI is InChI=1S/C15H15N5O2/c1-3-7-20-14(21)12(8-16)10(2)13(15(20)22)19-18-11-5-4-6-17-9-11/h4-6,9,21H,3,7H2,1-2H3. The maximum atomic E-state index is 12.4. The molecule has 2 aromatic rings. The van der Waals surface area contributed by atoms with Crippen molar-refractivity contribution in [3.05, 3.63) is 46.0 Å². The normalized spacial score (nSPS) is 10.8. The second-order valence-corrected chi connectivity index (χ2v) is 4.65. The molecule has 0 aliphatic carbocycles. The average Bonchev–Trinajstić information content (AvgIpc) is 2.53. The van der Waals surface area contributed by atoms with Crippen LogP contribution >= 0.6 is 0 Å². The van der Waals surface area contributed by atoms with Gasteiger partial charge >= 0.3 is 0 Å². The lowest BCUT2D eigenvalue weighted by Gasteiger charge is -2.11. The van der Waals surface area contributed by atoms with Crippen molar-refractivity contribution < 1.29 is 5.11 Å². The molecule has 22 heavy (non-hydrogen) atoms. The van der Waals surface area contributed by atoms with Gasteiger partial charge in [0.1, 0.15) is 17.3 Å². The van der Waals surface area contributed by atoms with Gasteiger partial charge in [0, 0.05) is 18.3 Å². The van der Waals surface area contributed by atoms with Crippen molar-refractivity contribution in [2.45, 2.75) is 26.8 Å². The third-order valence-electron chi connectivity index (χ3n) is 3.13. The Morgan fingerprint density at radius 2 is 2.23 bits per heavy atom. The molecule has 0 fully saturated rings. The van der Waals surface area contributed by atoms with Crippen molar-refractivity contribution in [1.29, 1.82) is 5.26 Å². The molecule has 112 valence electrons. The molecule has 0 aliphatic heterocycles. The Morgan fingerprint density at radius 3 is 2.82 bits per heavy atom. The van der Waals surface area contributed by atoms with Crippen LogP contribution in [0, 0.1) is 18.3 Å². The van der Waals surface area contributed by atoms with Crippen molar-refractivity contribution in [2.24, 2.45) is 10.2 Å². The third-order valence-corrected chi connectivity index (χ3v) is 3.13. The summed E-state index contributed by atoms with van der Waals surface area (Å²) >= 11 is 0. The van der Waals surface area contributed by atoms with Crippen LogP contribution in [0.5, 0.6) is 5.88 Å². The topological polar surface area (TPSA) is 104 Å². The Morgan fingerprint density at radius 1 is 1.45 bits per heavy atom. The van der Waals surface area contributed by atoms with E-state index in [0.717, 1.165) is 4.57 Å². The molecule has 0 saturated carbocycles. The molecule has 0 saturated heterocycles. The molecule has 2 rings (SSSR count). The van der Waals surface area contributed by atoms with Crippen LogP contribution in [-0.4, -0.2) is 14.7 Å². The largest absolute Gasteiger partial charge is 0.493 e. The van der Waals surface area contributed by atoms with Gasteiger partial charge in [-0.2, -0.15) is 5.26 Å². The summed E-state index contributed by atoms with van der Waals surface area (Å²) < 4.78 is 1.14. The van der Waals surface area contributed by atoms with Crippen molar-refractivity contribution in [2.75, 3.05) is 0 Å². The van der Waals surface area contributed by atoms with Crippen LogP contribution in [-0.2, 0) is 6.54 Å².